The summed E-state index contributed by atoms with van der Waals surface area (Å²) in [5, 5.41) is 14.1. The maximum absolute atomic E-state index is 10.7. The first-order chi connectivity index (χ1) is 8.24. The van der Waals surface area contributed by atoms with Gasteiger partial charge in [-0.05, 0) is 17.9 Å². The molecule has 5 nitrogen and oxygen atoms in total. The number of nitrogens with zero attached hydrogens (tertiary/aromatic N) is 2. The molecule has 3 rings (SSSR count). The highest BCUT2D eigenvalue weighted by molar-refractivity contribution is 5.54. The number of benzene rings is 1. The predicted molar refractivity (Wildman–Crippen MR) is 65.2 cm³/mol. The molecule has 2 fully saturated rings. The van der Waals surface area contributed by atoms with Crippen LogP contribution >= 0.6 is 0 Å². The molecular weight excluding hydrogens is 218 g/mol. The van der Waals surface area contributed by atoms with Crippen molar-refractivity contribution in [1.82, 2.24) is 5.32 Å². The predicted octanol–water partition coefficient (Wildman–Crippen LogP) is 1.25. The fraction of sp³-hybridized carbons (Fsp3) is 0.500. The molecule has 2 aliphatic rings. The molecule has 0 saturated carbocycles. The number of non-ortho nitro benzene ring substituents is 1. The average Bonchev–Trinajstić information content (AvgIpc) is 2.89. The first-order valence-corrected chi connectivity index (χ1v) is 5.94. The molecule has 0 bridgehead atoms. The van der Waals surface area contributed by atoms with E-state index in [1.54, 1.807) is 18.2 Å². The third-order valence-electron chi connectivity index (χ3n) is 3.80. The second-order valence-electron chi connectivity index (χ2n) is 4.86. The number of nitro groups is 1. The summed E-state index contributed by atoms with van der Waals surface area (Å²) in [5.41, 5.74) is 1.16. The first kappa shape index (κ1) is 10.5. The number of fused-ring (bicyclic) bond motifs is 1. The molecule has 90 valence electrons. The van der Waals surface area contributed by atoms with Crippen LogP contribution in [0.2, 0.25) is 0 Å². The highest BCUT2D eigenvalue weighted by Gasteiger charge is 2.36. The molecule has 2 atom stereocenters. The molecule has 2 saturated heterocycles. The molecule has 1 N–H and O–H groups in total. The van der Waals surface area contributed by atoms with E-state index >= 15 is 0 Å². The van der Waals surface area contributed by atoms with Crippen molar-refractivity contribution in [3.05, 3.63) is 34.4 Å². The molecule has 2 heterocycles. The molecule has 2 aliphatic heterocycles. The zero-order valence-electron chi connectivity index (χ0n) is 9.50. The summed E-state index contributed by atoms with van der Waals surface area (Å²) in [6.45, 7) is 4.18. The van der Waals surface area contributed by atoms with Crippen molar-refractivity contribution < 1.29 is 4.92 Å². The van der Waals surface area contributed by atoms with Crippen molar-refractivity contribution in [2.75, 3.05) is 31.1 Å². The fourth-order valence-electron chi connectivity index (χ4n) is 2.87. The van der Waals surface area contributed by atoms with Gasteiger partial charge in [0.15, 0.2) is 0 Å². The van der Waals surface area contributed by atoms with E-state index in [9.17, 15) is 10.1 Å². The summed E-state index contributed by atoms with van der Waals surface area (Å²) < 4.78 is 0. The zero-order valence-corrected chi connectivity index (χ0v) is 9.50. The van der Waals surface area contributed by atoms with Crippen molar-refractivity contribution >= 4 is 11.4 Å². The lowest BCUT2D eigenvalue weighted by atomic mass is 10.0. The van der Waals surface area contributed by atoms with Gasteiger partial charge in [0, 0.05) is 44.0 Å². The van der Waals surface area contributed by atoms with Crippen molar-refractivity contribution in [3.8, 4) is 0 Å². The van der Waals surface area contributed by atoms with Crippen LogP contribution in [0, 0.1) is 22.0 Å². The maximum atomic E-state index is 10.7. The summed E-state index contributed by atoms with van der Waals surface area (Å²) >= 11 is 0. The molecule has 0 aromatic heterocycles. The number of nitro benzene ring substituents is 1. The highest BCUT2D eigenvalue weighted by Crippen LogP contribution is 2.31. The van der Waals surface area contributed by atoms with E-state index < -0.39 is 0 Å². The second-order valence-corrected chi connectivity index (χ2v) is 4.86. The lowest BCUT2D eigenvalue weighted by Crippen LogP contribution is -2.25. The van der Waals surface area contributed by atoms with E-state index in [2.05, 4.69) is 10.2 Å². The average molecular weight is 233 g/mol. The Labute approximate surface area is 99.6 Å². The van der Waals surface area contributed by atoms with E-state index in [4.69, 9.17) is 0 Å². The van der Waals surface area contributed by atoms with Crippen LogP contribution < -0.4 is 10.2 Å². The second kappa shape index (κ2) is 4.00. The van der Waals surface area contributed by atoms with Crippen LogP contribution in [0.5, 0.6) is 0 Å². The van der Waals surface area contributed by atoms with Gasteiger partial charge < -0.3 is 10.2 Å². The third-order valence-corrected chi connectivity index (χ3v) is 3.80. The fourth-order valence-corrected chi connectivity index (χ4v) is 2.87. The molecule has 0 spiro atoms. The summed E-state index contributed by atoms with van der Waals surface area (Å²) in [4.78, 5) is 12.7. The molecular formula is C12H15N3O2. The summed E-state index contributed by atoms with van der Waals surface area (Å²) in [7, 11) is 0. The quantitative estimate of drug-likeness (QED) is 0.617. The SMILES string of the molecule is O=[N+]([O-])c1cccc(N2CC3CNCC3C2)c1. The Hall–Kier alpha value is -1.62. The number of rotatable bonds is 2. The van der Waals surface area contributed by atoms with Gasteiger partial charge >= 0.3 is 0 Å². The lowest BCUT2D eigenvalue weighted by Gasteiger charge is -2.19. The van der Waals surface area contributed by atoms with Gasteiger partial charge in [-0.25, -0.2) is 0 Å². The van der Waals surface area contributed by atoms with Gasteiger partial charge in [-0.3, -0.25) is 10.1 Å². The van der Waals surface area contributed by atoms with Crippen molar-refractivity contribution in [2.24, 2.45) is 11.8 Å². The minimum absolute atomic E-state index is 0.178. The van der Waals surface area contributed by atoms with Gasteiger partial charge in [0.05, 0.1) is 4.92 Å². The van der Waals surface area contributed by atoms with E-state index in [1.165, 1.54) is 0 Å². The summed E-state index contributed by atoms with van der Waals surface area (Å²) in [6, 6.07) is 6.94. The highest BCUT2D eigenvalue weighted by atomic mass is 16.6. The van der Waals surface area contributed by atoms with Crippen LogP contribution in [0.3, 0.4) is 0 Å². The summed E-state index contributed by atoms with van der Waals surface area (Å²) in [5.74, 6) is 1.41. The third kappa shape index (κ3) is 1.86. The Balaban J connectivity index is 1.81. The number of anilines is 1. The van der Waals surface area contributed by atoms with Crippen molar-refractivity contribution in [3.63, 3.8) is 0 Å². The van der Waals surface area contributed by atoms with Crippen LogP contribution in [0.4, 0.5) is 11.4 Å². The standard InChI is InChI=1S/C12H15N3O2/c16-15(17)12-3-1-2-11(4-12)14-7-9-5-13-6-10(9)8-14/h1-4,9-10,13H,5-8H2. The zero-order chi connectivity index (χ0) is 11.8. The Bertz CT molecular complexity index is 437. The lowest BCUT2D eigenvalue weighted by molar-refractivity contribution is -0.384. The van der Waals surface area contributed by atoms with Gasteiger partial charge in [0.25, 0.3) is 5.69 Å². The summed E-state index contributed by atoms with van der Waals surface area (Å²) in [6.07, 6.45) is 0. The molecule has 1 aromatic carbocycles. The van der Waals surface area contributed by atoms with Gasteiger partial charge in [-0.1, -0.05) is 6.07 Å². The number of nitrogens with one attached hydrogen (secondary N) is 1. The largest absolute Gasteiger partial charge is 0.371 e. The minimum atomic E-state index is -0.331. The van der Waals surface area contributed by atoms with Crippen LogP contribution in [-0.2, 0) is 0 Å². The molecule has 0 radical (unpaired) electrons. The Morgan fingerprint density at radius 3 is 2.65 bits per heavy atom. The van der Waals surface area contributed by atoms with Crippen LogP contribution in [0.25, 0.3) is 0 Å². The van der Waals surface area contributed by atoms with E-state index in [1.807, 2.05) is 6.07 Å². The van der Waals surface area contributed by atoms with E-state index in [0.717, 1.165) is 31.9 Å². The van der Waals surface area contributed by atoms with Gasteiger partial charge in [-0.2, -0.15) is 0 Å². The van der Waals surface area contributed by atoms with E-state index in [-0.39, 0.29) is 10.6 Å². The number of hydrogen-bond acceptors (Lipinski definition) is 4. The van der Waals surface area contributed by atoms with Crippen molar-refractivity contribution in [1.29, 1.82) is 0 Å². The molecule has 5 heteroatoms. The van der Waals surface area contributed by atoms with Gasteiger partial charge in [-0.15, -0.1) is 0 Å². The van der Waals surface area contributed by atoms with Crippen LogP contribution in [0.1, 0.15) is 0 Å². The van der Waals surface area contributed by atoms with Crippen LogP contribution in [0.15, 0.2) is 24.3 Å². The normalized spacial score (nSPS) is 27.2. The molecule has 0 amide bonds. The Morgan fingerprint density at radius 1 is 1.29 bits per heavy atom. The molecule has 0 aliphatic carbocycles. The maximum Gasteiger partial charge on any atom is 0.271 e. The van der Waals surface area contributed by atoms with Crippen molar-refractivity contribution in [2.45, 2.75) is 0 Å². The van der Waals surface area contributed by atoms with Gasteiger partial charge in [0.1, 0.15) is 0 Å². The Morgan fingerprint density at radius 2 is 2.00 bits per heavy atom. The Kier molecular flexibility index (Phi) is 2.48. The monoisotopic (exact) mass is 233 g/mol. The first-order valence-electron chi connectivity index (χ1n) is 5.94. The van der Waals surface area contributed by atoms with Crippen LogP contribution in [-0.4, -0.2) is 31.1 Å². The smallest absolute Gasteiger partial charge is 0.271 e. The molecule has 2 unspecified atom stereocenters. The number of hydrogen-bond donors (Lipinski definition) is 1. The van der Waals surface area contributed by atoms with Gasteiger partial charge in [0.2, 0.25) is 0 Å². The minimum Gasteiger partial charge on any atom is -0.371 e. The molecule has 1 aromatic rings. The topological polar surface area (TPSA) is 58.4 Å². The molecule has 17 heavy (non-hydrogen) atoms. The van der Waals surface area contributed by atoms with E-state index in [0.29, 0.717) is 11.8 Å².